The summed E-state index contributed by atoms with van der Waals surface area (Å²) >= 11 is 0. The third-order valence-corrected chi connectivity index (χ3v) is 7.48. The fourth-order valence-electron chi connectivity index (χ4n) is 5.42. The van der Waals surface area contributed by atoms with Crippen LogP contribution in [0, 0.1) is 0 Å². The van der Waals surface area contributed by atoms with Crippen molar-refractivity contribution in [1.29, 1.82) is 0 Å². The molecule has 5 nitrogen and oxygen atoms in total. The third kappa shape index (κ3) is 5.30. The molecule has 1 heterocycles. The molecule has 1 saturated heterocycles. The fraction of sp³-hybridized carbons (Fsp3) is 0.500. The number of hydrogen-bond acceptors (Lipinski definition) is 3. The number of nitrogens with zero attached hydrogens (tertiary/aromatic N) is 1. The van der Waals surface area contributed by atoms with Gasteiger partial charge in [0.05, 0.1) is 5.54 Å². The molecule has 33 heavy (non-hydrogen) atoms. The SMILES string of the molecule is CC(C)(N)C(=O)N[C@H](CCCc1ccccc1)C(=O)N1CCC2(CCc3ccccc32)CC1. The first-order chi connectivity index (χ1) is 15.8. The lowest BCUT2D eigenvalue weighted by Crippen LogP contribution is -2.57. The first kappa shape index (κ1) is 23.5. The number of nitrogens with one attached hydrogen (secondary N) is 1. The van der Waals surface area contributed by atoms with Gasteiger partial charge in [-0.3, -0.25) is 9.59 Å². The number of rotatable bonds is 7. The van der Waals surface area contributed by atoms with Gasteiger partial charge in [-0.15, -0.1) is 0 Å². The summed E-state index contributed by atoms with van der Waals surface area (Å²) in [6.45, 7) is 4.83. The quantitative estimate of drug-likeness (QED) is 0.679. The maximum Gasteiger partial charge on any atom is 0.245 e. The summed E-state index contributed by atoms with van der Waals surface area (Å²) in [5, 5.41) is 2.96. The Labute approximate surface area is 197 Å². The molecular weight excluding hydrogens is 410 g/mol. The van der Waals surface area contributed by atoms with E-state index in [2.05, 4.69) is 41.7 Å². The molecule has 1 aliphatic carbocycles. The maximum atomic E-state index is 13.5. The Bertz CT molecular complexity index is 972. The second kappa shape index (κ2) is 9.68. The molecule has 2 amide bonds. The van der Waals surface area contributed by atoms with Gasteiger partial charge in [0.1, 0.15) is 6.04 Å². The molecule has 2 aliphatic rings. The lowest BCUT2D eigenvalue weighted by atomic mass is 9.74. The highest BCUT2D eigenvalue weighted by Gasteiger charge is 2.42. The van der Waals surface area contributed by atoms with E-state index in [1.165, 1.54) is 23.1 Å². The van der Waals surface area contributed by atoms with E-state index in [0.29, 0.717) is 6.42 Å². The Kier molecular flexibility index (Phi) is 6.89. The minimum atomic E-state index is -1.02. The van der Waals surface area contributed by atoms with E-state index in [-0.39, 0.29) is 17.2 Å². The van der Waals surface area contributed by atoms with Crippen molar-refractivity contribution in [2.24, 2.45) is 5.73 Å². The number of likely N-dealkylation sites (tertiary alicyclic amines) is 1. The summed E-state index contributed by atoms with van der Waals surface area (Å²) < 4.78 is 0. The van der Waals surface area contributed by atoms with Gasteiger partial charge >= 0.3 is 0 Å². The van der Waals surface area contributed by atoms with E-state index < -0.39 is 11.6 Å². The molecule has 2 aromatic carbocycles. The van der Waals surface area contributed by atoms with Crippen LogP contribution >= 0.6 is 0 Å². The monoisotopic (exact) mass is 447 g/mol. The van der Waals surface area contributed by atoms with Crippen LogP contribution in [0.25, 0.3) is 0 Å². The number of nitrogens with two attached hydrogens (primary N) is 1. The molecule has 0 radical (unpaired) electrons. The summed E-state index contributed by atoms with van der Waals surface area (Å²) in [6, 6.07) is 18.5. The van der Waals surface area contributed by atoms with Crippen molar-refractivity contribution in [2.75, 3.05) is 13.1 Å². The van der Waals surface area contributed by atoms with Crippen LogP contribution in [0.1, 0.15) is 62.6 Å². The Hall–Kier alpha value is -2.66. The minimum Gasteiger partial charge on any atom is -0.343 e. The van der Waals surface area contributed by atoms with Crippen LogP contribution in [0.5, 0.6) is 0 Å². The number of hydrogen-bond donors (Lipinski definition) is 2. The average molecular weight is 448 g/mol. The van der Waals surface area contributed by atoms with Gasteiger partial charge < -0.3 is 16.0 Å². The molecule has 1 aliphatic heterocycles. The number of benzene rings is 2. The molecule has 0 bridgehead atoms. The number of amides is 2. The van der Waals surface area contributed by atoms with Crippen LogP contribution < -0.4 is 11.1 Å². The summed E-state index contributed by atoms with van der Waals surface area (Å²) in [5.74, 6) is -0.249. The van der Waals surface area contributed by atoms with Crippen molar-refractivity contribution in [3.05, 3.63) is 71.3 Å². The summed E-state index contributed by atoms with van der Waals surface area (Å²) in [7, 11) is 0. The van der Waals surface area contributed by atoms with Crippen LogP contribution in [-0.2, 0) is 27.8 Å². The second-order valence-corrected chi connectivity index (χ2v) is 10.4. The van der Waals surface area contributed by atoms with E-state index in [0.717, 1.165) is 45.2 Å². The Morgan fingerprint density at radius 3 is 2.39 bits per heavy atom. The lowest BCUT2D eigenvalue weighted by molar-refractivity contribution is -0.139. The van der Waals surface area contributed by atoms with Crippen LogP contribution in [0.15, 0.2) is 54.6 Å². The summed E-state index contributed by atoms with van der Waals surface area (Å²) in [6.07, 6.45) is 6.61. The Morgan fingerprint density at radius 2 is 1.70 bits per heavy atom. The molecule has 0 unspecified atom stereocenters. The van der Waals surface area contributed by atoms with Crippen molar-refractivity contribution >= 4 is 11.8 Å². The van der Waals surface area contributed by atoms with Crippen LogP contribution in [0.3, 0.4) is 0 Å². The van der Waals surface area contributed by atoms with Gasteiger partial charge in [-0.2, -0.15) is 0 Å². The van der Waals surface area contributed by atoms with Gasteiger partial charge in [-0.1, -0.05) is 54.6 Å². The van der Waals surface area contributed by atoms with Gasteiger partial charge in [0.25, 0.3) is 0 Å². The predicted molar refractivity (Wildman–Crippen MR) is 132 cm³/mol. The molecule has 1 spiro atoms. The van der Waals surface area contributed by atoms with Crippen LogP contribution in [-0.4, -0.2) is 41.4 Å². The van der Waals surface area contributed by atoms with Crippen molar-refractivity contribution in [1.82, 2.24) is 10.2 Å². The zero-order valence-electron chi connectivity index (χ0n) is 20.0. The van der Waals surface area contributed by atoms with E-state index in [1.807, 2.05) is 23.1 Å². The molecule has 2 aromatic rings. The molecule has 0 aromatic heterocycles. The molecule has 0 saturated carbocycles. The first-order valence-corrected chi connectivity index (χ1v) is 12.3. The van der Waals surface area contributed by atoms with E-state index in [1.54, 1.807) is 13.8 Å². The topological polar surface area (TPSA) is 75.4 Å². The largest absolute Gasteiger partial charge is 0.343 e. The molecular formula is C28H37N3O2. The van der Waals surface area contributed by atoms with Crippen molar-refractivity contribution < 1.29 is 9.59 Å². The molecule has 176 valence electrons. The molecule has 1 fully saturated rings. The lowest BCUT2D eigenvalue weighted by Gasteiger charge is -2.41. The molecule has 5 heteroatoms. The van der Waals surface area contributed by atoms with E-state index >= 15 is 0 Å². The Balaban J connectivity index is 1.40. The zero-order valence-corrected chi connectivity index (χ0v) is 20.0. The Morgan fingerprint density at radius 1 is 1.03 bits per heavy atom. The van der Waals surface area contributed by atoms with Gasteiger partial charge in [0.15, 0.2) is 0 Å². The third-order valence-electron chi connectivity index (χ3n) is 7.48. The maximum absolute atomic E-state index is 13.5. The fourth-order valence-corrected chi connectivity index (χ4v) is 5.42. The van der Waals surface area contributed by atoms with Crippen LogP contribution in [0.2, 0.25) is 0 Å². The van der Waals surface area contributed by atoms with E-state index in [4.69, 9.17) is 5.73 Å². The second-order valence-electron chi connectivity index (χ2n) is 10.4. The minimum absolute atomic E-state index is 0.0294. The molecule has 4 rings (SSSR count). The van der Waals surface area contributed by atoms with Crippen LogP contribution in [0.4, 0.5) is 0 Å². The van der Waals surface area contributed by atoms with Crippen molar-refractivity contribution in [3.8, 4) is 0 Å². The number of aryl methyl sites for hydroxylation is 2. The average Bonchev–Trinajstić information content (AvgIpc) is 3.16. The molecule has 3 N–H and O–H groups in total. The predicted octanol–water partition coefficient (Wildman–Crippen LogP) is 3.74. The molecule has 1 atom stereocenters. The number of carbonyl (C=O) groups is 2. The highest BCUT2D eigenvalue weighted by molar-refractivity contribution is 5.91. The highest BCUT2D eigenvalue weighted by atomic mass is 16.2. The van der Waals surface area contributed by atoms with Gasteiger partial charge in [-0.25, -0.2) is 0 Å². The summed E-state index contributed by atoms with van der Waals surface area (Å²) in [4.78, 5) is 28.1. The van der Waals surface area contributed by atoms with Gasteiger partial charge in [-0.05, 0) is 80.9 Å². The standard InChI is InChI=1S/C28H37N3O2/c1-27(2,29)26(33)30-24(14-8-11-21-9-4-3-5-10-21)25(32)31-19-17-28(18-20-31)16-15-22-12-6-7-13-23(22)28/h3-7,9-10,12-13,24H,8,11,14-20,29H2,1-2H3,(H,30,33)/t24-/m1/s1. The smallest absolute Gasteiger partial charge is 0.245 e. The first-order valence-electron chi connectivity index (χ1n) is 12.3. The van der Waals surface area contributed by atoms with Crippen molar-refractivity contribution in [2.45, 2.75) is 75.8 Å². The number of carbonyl (C=O) groups excluding carboxylic acids is 2. The van der Waals surface area contributed by atoms with Gasteiger partial charge in [0, 0.05) is 13.1 Å². The highest BCUT2D eigenvalue weighted by Crippen LogP contribution is 2.46. The summed E-state index contributed by atoms with van der Waals surface area (Å²) in [5.41, 5.74) is 9.39. The van der Waals surface area contributed by atoms with E-state index in [9.17, 15) is 9.59 Å². The van der Waals surface area contributed by atoms with Gasteiger partial charge in [0.2, 0.25) is 11.8 Å². The van der Waals surface area contributed by atoms with Crippen molar-refractivity contribution in [3.63, 3.8) is 0 Å². The normalized spacial score (nSPS) is 18.1. The number of fused-ring (bicyclic) bond motifs is 2. The number of piperidine rings is 1. The zero-order chi connectivity index (χ0) is 23.5.